The average Bonchev–Trinajstić information content (AvgIpc) is 2.71. The Labute approximate surface area is 117 Å². The Bertz CT molecular complexity index is 451. The lowest BCUT2D eigenvalue weighted by Crippen LogP contribution is -2.38. The van der Waals surface area contributed by atoms with E-state index in [0.717, 1.165) is 11.3 Å². The topological polar surface area (TPSA) is 104 Å². The molecule has 0 radical (unpaired) electrons. The van der Waals surface area contributed by atoms with Crippen molar-refractivity contribution in [3.05, 3.63) is 17.0 Å². The highest BCUT2D eigenvalue weighted by Gasteiger charge is 2.13. The summed E-state index contributed by atoms with van der Waals surface area (Å²) in [6.45, 7) is 6.18. The van der Waals surface area contributed by atoms with Crippen LogP contribution in [0.25, 0.3) is 0 Å². The molecule has 3 N–H and O–H groups in total. The molecule has 2 amide bonds. The van der Waals surface area contributed by atoms with Crippen molar-refractivity contribution >= 4 is 12.0 Å². The van der Waals surface area contributed by atoms with E-state index in [9.17, 15) is 9.59 Å². The fourth-order valence-corrected chi connectivity index (χ4v) is 1.83. The molecule has 1 heterocycles. The van der Waals surface area contributed by atoms with Gasteiger partial charge in [0.1, 0.15) is 5.76 Å². The number of rotatable bonds is 7. The molecule has 0 saturated heterocycles. The lowest BCUT2D eigenvalue weighted by molar-refractivity contribution is -0.138. The van der Waals surface area contributed by atoms with Crippen LogP contribution in [-0.4, -0.2) is 28.8 Å². The average molecular weight is 283 g/mol. The fourth-order valence-electron chi connectivity index (χ4n) is 1.83. The minimum absolute atomic E-state index is 0.0562. The van der Waals surface area contributed by atoms with Crippen LogP contribution in [0.15, 0.2) is 4.52 Å². The normalized spacial score (nSPS) is 11.9. The summed E-state index contributed by atoms with van der Waals surface area (Å²) in [5, 5.41) is 17.9. The summed E-state index contributed by atoms with van der Waals surface area (Å²) in [7, 11) is 0. The Morgan fingerprint density at radius 1 is 1.35 bits per heavy atom. The molecule has 0 spiro atoms. The third kappa shape index (κ3) is 4.91. The smallest absolute Gasteiger partial charge is 0.315 e. The molecule has 0 aliphatic carbocycles. The highest BCUT2D eigenvalue weighted by Crippen LogP contribution is 2.11. The maximum atomic E-state index is 11.6. The summed E-state index contributed by atoms with van der Waals surface area (Å²) in [6.07, 6.45) is 0.761. The molecule has 0 aromatic carbocycles. The predicted molar refractivity (Wildman–Crippen MR) is 72.2 cm³/mol. The number of carbonyl (C=O) groups is 2. The zero-order valence-corrected chi connectivity index (χ0v) is 12.0. The van der Waals surface area contributed by atoms with Crippen LogP contribution in [0.4, 0.5) is 4.79 Å². The van der Waals surface area contributed by atoms with Gasteiger partial charge in [0.25, 0.3) is 0 Å². The van der Waals surface area contributed by atoms with Crippen molar-refractivity contribution in [1.82, 2.24) is 15.8 Å². The van der Waals surface area contributed by atoms with Crippen molar-refractivity contribution in [1.29, 1.82) is 0 Å². The predicted octanol–water partition coefficient (Wildman–Crippen LogP) is 1.59. The van der Waals surface area contributed by atoms with E-state index in [2.05, 4.69) is 15.8 Å². The minimum Gasteiger partial charge on any atom is -0.481 e. The molecule has 1 aromatic heterocycles. The number of nitrogens with one attached hydrogen (secondary N) is 2. The molecular formula is C13H21N3O4. The van der Waals surface area contributed by atoms with Gasteiger partial charge in [-0.25, -0.2) is 4.79 Å². The number of carboxylic acid groups (broad SMARTS) is 1. The van der Waals surface area contributed by atoms with Gasteiger partial charge in [0.2, 0.25) is 0 Å². The highest BCUT2D eigenvalue weighted by atomic mass is 16.5. The third-order valence-electron chi connectivity index (χ3n) is 3.20. The molecule has 0 aliphatic rings. The second-order valence-electron chi connectivity index (χ2n) is 4.74. The Morgan fingerprint density at radius 3 is 2.55 bits per heavy atom. The number of carboxylic acids is 1. The molecule has 1 atom stereocenters. The molecule has 0 bridgehead atoms. The van der Waals surface area contributed by atoms with Crippen molar-refractivity contribution in [3.63, 3.8) is 0 Å². The number of amides is 2. The number of carbonyl (C=O) groups excluding carboxylic acids is 1. The quantitative estimate of drug-likeness (QED) is 0.705. The van der Waals surface area contributed by atoms with Gasteiger partial charge in [-0.05, 0) is 19.8 Å². The molecule has 20 heavy (non-hydrogen) atoms. The largest absolute Gasteiger partial charge is 0.481 e. The van der Waals surface area contributed by atoms with Gasteiger partial charge in [-0.3, -0.25) is 4.79 Å². The van der Waals surface area contributed by atoms with E-state index in [0.29, 0.717) is 25.3 Å². The van der Waals surface area contributed by atoms with Crippen molar-refractivity contribution in [3.8, 4) is 0 Å². The van der Waals surface area contributed by atoms with Gasteiger partial charge in [0, 0.05) is 25.1 Å². The van der Waals surface area contributed by atoms with Crippen LogP contribution in [0, 0.1) is 19.8 Å². The molecule has 1 unspecified atom stereocenters. The minimum atomic E-state index is -0.852. The first kappa shape index (κ1) is 16.0. The van der Waals surface area contributed by atoms with E-state index in [-0.39, 0.29) is 18.4 Å². The van der Waals surface area contributed by atoms with Gasteiger partial charge in [-0.1, -0.05) is 18.5 Å². The number of aliphatic carboxylic acids is 1. The zero-order chi connectivity index (χ0) is 15.1. The summed E-state index contributed by atoms with van der Waals surface area (Å²) in [5.74, 6) is -0.229. The molecule has 112 valence electrons. The first-order valence-electron chi connectivity index (χ1n) is 6.59. The maximum absolute atomic E-state index is 11.6. The third-order valence-corrected chi connectivity index (χ3v) is 3.20. The Hall–Kier alpha value is -2.05. The highest BCUT2D eigenvalue weighted by molar-refractivity contribution is 5.74. The summed E-state index contributed by atoms with van der Waals surface area (Å²) >= 11 is 0. The molecule has 0 aliphatic heterocycles. The SMILES string of the molecule is CCC(CNC(=O)NCc1c(C)noc1C)CC(=O)O. The van der Waals surface area contributed by atoms with Crippen molar-refractivity contribution in [2.75, 3.05) is 6.54 Å². The van der Waals surface area contributed by atoms with Gasteiger partial charge >= 0.3 is 12.0 Å². The Balaban J connectivity index is 2.35. The molecular weight excluding hydrogens is 262 g/mol. The van der Waals surface area contributed by atoms with Crippen LogP contribution in [0.1, 0.15) is 36.8 Å². The standard InChI is InChI=1S/C13H21N3O4/c1-4-10(5-12(17)18)6-14-13(19)15-7-11-8(2)16-20-9(11)3/h10H,4-7H2,1-3H3,(H,17,18)(H2,14,15,19). The van der Waals surface area contributed by atoms with E-state index >= 15 is 0 Å². The lowest BCUT2D eigenvalue weighted by atomic mass is 10.0. The van der Waals surface area contributed by atoms with Crippen molar-refractivity contribution < 1.29 is 19.2 Å². The number of nitrogens with zero attached hydrogens (tertiary/aromatic N) is 1. The van der Waals surface area contributed by atoms with E-state index in [1.54, 1.807) is 6.92 Å². The molecule has 0 saturated carbocycles. The maximum Gasteiger partial charge on any atom is 0.315 e. The van der Waals surface area contributed by atoms with Crippen molar-refractivity contribution in [2.24, 2.45) is 5.92 Å². The molecule has 1 aromatic rings. The molecule has 1 rings (SSSR count). The van der Waals surface area contributed by atoms with Gasteiger partial charge < -0.3 is 20.3 Å². The van der Waals surface area contributed by atoms with Crippen LogP contribution in [0.5, 0.6) is 0 Å². The lowest BCUT2D eigenvalue weighted by Gasteiger charge is -2.14. The summed E-state index contributed by atoms with van der Waals surface area (Å²) in [6, 6.07) is -0.325. The molecule has 7 heteroatoms. The molecule has 7 nitrogen and oxygen atoms in total. The van der Waals surface area contributed by atoms with E-state index in [1.807, 2.05) is 13.8 Å². The number of hydrogen-bond donors (Lipinski definition) is 3. The Morgan fingerprint density at radius 2 is 2.05 bits per heavy atom. The summed E-state index contributed by atoms with van der Waals surface area (Å²) in [5.41, 5.74) is 1.61. The summed E-state index contributed by atoms with van der Waals surface area (Å²) in [4.78, 5) is 22.3. The van der Waals surface area contributed by atoms with E-state index in [1.165, 1.54) is 0 Å². The number of aromatic nitrogens is 1. The first-order valence-corrected chi connectivity index (χ1v) is 6.59. The van der Waals surface area contributed by atoms with Crippen molar-refractivity contribution in [2.45, 2.75) is 40.2 Å². The van der Waals surface area contributed by atoms with Gasteiger partial charge in [-0.2, -0.15) is 0 Å². The van der Waals surface area contributed by atoms with Crippen LogP contribution >= 0.6 is 0 Å². The number of hydrogen-bond acceptors (Lipinski definition) is 4. The van der Waals surface area contributed by atoms with E-state index < -0.39 is 5.97 Å². The van der Waals surface area contributed by atoms with Crippen LogP contribution < -0.4 is 10.6 Å². The van der Waals surface area contributed by atoms with Crippen LogP contribution in [-0.2, 0) is 11.3 Å². The van der Waals surface area contributed by atoms with E-state index in [4.69, 9.17) is 9.63 Å². The first-order chi connectivity index (χ1) is 9.43. The number of urea groups is 1. The number of aryl methyl sites for hydroxylation is 2. The second-order valence-corrected chi connectivity index (χ2v) is 4.74. The summed E-state index contributed by atoms with van der Waals surface area (Å²) < 4.78 is 5.00. The Kier molecular flexibility index (Phi) is 6.02. The molecule has 0 fully saturated rings. The van der Waals surface area contributed by atoms with Crippen LogP contribution in [0.2, 0.25) is 0 Å². The van der Waals surface area contributed by atoms with Crippen LogP contribution in [0.3, 0.4) is 0 Å². The monoisotopic (exact) mass is 283 g/mol. The fraction of sp³-hybridized carbons (Fsp3) is 0.615. The van der Waals surface area contributed by atoms with Gasteiger partial charge in [0.05, 0.1) is 5.69 Å². The zero-order valence-electron chi connectivity index (χ0n) is 12.0. The van der Waals surface area contributed by atoms with Gasteiger partial charge in [0.15, 0.2) is 0 Å². The second kappa shape index (κ2) is 7.52. The van der Waals surface area contributed by atoms with Gasteiger partial charge in [-0.15, -0.1) is 0 Å².